The lowest BCUT2D eigenvalue weighted by atomic mass is 9.95. The highest BCUT2D eigenvalue weighted by Crippen LogP contribution is 2.35. The Hall–Kier alpha value is -2.82. The Morgan fingerprint density at radius 3 is 2.81 bits per heavy atom. The fraction of sp³-hybridized carbons (Fsp3) is 0.389. The van der Waals surface area contributed by atoms with Crippen molar-refractivity contribution in [2.75, 3.05) is 6.54 Å². The molecule has 136 valence electrons. The number of alkyl halides is 3. The summed E-state index contributed by atoms with van der Waals surface area (Å²) in [7, 11) is 0. The molecule has 1 aromatic heterocycles. The van der Waals surface area contributed by atoms with Crippen LogP contribution in [0.2, 0.25) is 0 Å². The molecule has 1 N–H and O–H groups in total. The van der Waals surface area contributed by atoms with Gasteiger partial charge in [-0.25, -0.2) is 0 Å². The quantitative estimate of drug-likeness (QED) is 0.909. The largest absolute Gasteiger partial charge is 0.435 e. The lowest BCUT2D eigenvalue weighted by molar-refractivity contribution is -0.142. The number of hydrogen-bond acceptors (Lipinski definition) is 3. The zero-order valence-electron chi connectivity index (χ0n) is 13.9. The predicted octanol–water partition coefficient (Wildman–Crippen LogP) is 3.08. The molecule has 8 heteroatoms. The average Bonchev–Trinajstić information content (AvgIpc) is 3.01. The van der Waals surface area contributed by atoms with Gasteiger partial charge in [0.15, 0.2) is 5.69 Å². The van der Waals surface area contributed by atoms with Crippen molar-refractivity contribution in [2.24, 2.45) is 0 Å². The topological polar surface area (TPSA) is 70.7 Å². The number of fused-ring (bicyclic) bond motifs is 1. The number of nitriles is 1. The van der Waals surface area contributed by atoms with Crippen molar-refractivity contribution in [1.29, 1.82) is 5.26 Å². The van der Waals surface area contributed by atoms with Gasteiger partial charge in [0.1, 0.15) is 0 Å². The number of nitrogens with one attached hydrogen (secondary N) is 1. The molecular weight excluding hydrogens is 345 g/mol. The lowest BCUT2D eigenvalue weighted by Crippen LogP contribution is -2.28. The van der Waals surface area contributed by atoms with Gasteiger partial charge in [0.2, 0.25) is 0 Å². The predicted molar refractivity (Wildman–Crippen MR) is 87.4 cm³/mol. The third-order valence-electron chi connectivity index (χ3n) is 4.39. The third kappa shape index (κ3) is 3.72. The zero-order valence-corrected chi connectivity index (χ0v) is 13.9. The summed E-state index contributed by atoms with van der Waals surface area (Å²) in [6.07, 6.45) is -1.95. The van der Waals surface area contributed by atoms with Crippen molar-refractivity contribution in [3.8, 4) is 6.07 Å². The van der Waals surface area contributed by atoms with E-state index in [0.717, 1.165) is 12.8 Å². The van der Waals surface area contributed by atoms with Crippen LogP contribution in [0.5, 0.6) is 0 Å². The normalized spacial score (nSPS) is 13.8. The number of rotatable bonds is 4. The van der Waals surface area contributed by atoms with Gasteiger partial charge in [-0.3, -0.25) is 9.48 Å². The lowest BCUT2D eigenvalue weighted by Gasteiger charge is -2.15. The molecule has 0 unspecified atom stereocenters. The van der Waals surface area contributed by atoms with Gasteiger partial charge in [0.25, 0.3) is 5.91 Å². The Kier molecular flexibility index (Phi) is 4.98. The van der Waals surface area contributed by atoms with Crippen LogP contribution in [0.4, 0.5) is 13.2 Å². The maximum absolute atomic E-state index is 13.2. The number of carbonyl (C=O) groups is 1. The minimum atomic E-state index is -4.46. The van der Waals surface area contributed by atoms with Crippen LogP contribution in [-0.2, 0) is 25.6 Å². The smallest absolute Gasteiger partial charge is 0.350 e. The highest BCUT2D eigenvalue weighted by molar-refractivity contribution is 5.94. The molecule has 1 aliphatic carbocycles. The second kappa shape index (κ2) is 7.20. The molecule has 1 heterocycles. The molecule has 0 saturated heterocycles. The highest BCUT2D eigenvalue weighted by Gasteiger charge is 2.39. The van der Waals surface area contributed by atoms with Gasteiger partial charge in [-0.1, -0.05) is 6.07 Å². The number of benzene rings is 1. The maximum Gasteiger partial charge on any atom is 0.435 e. The summed E-state index contributed by atoms with van der Waals surface area (Å²) in [6, 6.07) is 8.19. The number of aromatic nitrogens is 2. The number of halogens is 3. The Morgan fingerprint density at radius 2 is 2.08 bits per heavy atom. The molecule has 0 saturated carbocycles. The fourth-order valence-electron chi connectivity index (χ4n) is 3.19. The number of nitrogens with zero attached hydrogens (tertiary/aromatic N) is 3. The van der Waals surface area contributed by atoms with Gasteiger partial charge >= 0.3 is 6.18 Å². The van der Waals surface area contributed by atoms with E-state index in [9.17, 15) is 18.0 Å². The van der Waals surface area contributed by atoms with E-state index in [-0.39, 0.29) is 24.6 Å². The zero-order chi connectivity index (χ0) is 18.7. The van der Waals surface area contributed by atoms with Crippen molar-refractivity contribution >= 4 is 5.91 Å². The van der Waals surface area contributed by atoms with Crippen LogP contribution in [0.1, 0.15) is 45.7 Å². The van der Waals surface area contributed by atoms with E-state index in [4.69, 9.17) is 5.26 Å². The van der Waals surface area contributed by atoms with Crippen molar-refractivity contribution < 1.29 is 18.0 Å². The highest BCUT2D eigenvalue weighted by atomic mass is 19.4. The van der Waals surface area contributed by atoms with Crippen molar-refractivity contribution in [2.45, 2.75) is 38.4 Å². The first-order valence-corrected chi connectivity index (χ1v) is 8.34. The standard InChI is InChI=1S/C18H17F3N4O/c19-18(20,21)16-14-6-1-2-7-15(14)25(24-16)9-8-23-17(26)13-5-3-4-12(10-13)11-22/h3-5,10H,1-2,6-9H2,(H,23,26). The van der Waals surface area contributed by atoms with Crippen molar-refractivity contribution in [3.05, 3.63) is 52.3 Å². The Balaban J connectivity index is 1.69. The Labute approximate surface area is 148 Å². The number of hydrogen-bond donors (Lipinski definition) is 1. The molecule has 2 aromatic rings. The average molecular weight is 362 g/mol. The van der Waals surface area contributed by atoms with Crippen LogP contribution < -0.4 is 5.32 Å². The Morgan fingerprint density at radius 1 is 1.31 bits per heavy atom. The van der Waals surface area contributed by atoms with E-state index < -0.39 is 11.9 Å². The van der Waals surface area contributed by atoms with E-state index in [1.165, 1.54) is 10.7 Å². The minimum Gasteiger partial charge on any atom is -0.350 e. The summed E-state index contributed by atoms with van der Waals surface area (Å²) >= 11 is 0. The first-order chi connectivity index (χ1) is 12.4. The van der Waals surface area contributed by atoms with E-state index in [1.54, 1.807) is 18.2 Å². The molecule has 0 bridgehead atoms. The first kappa shape index (κ1) is 18.0. The maximum atomic E-state index is 13.2. The first-order valence-electron chi connectivity index (χ1n) is 8.34. The molecule has 0 aliphatic heterocycles. The molecule has 26 heavy (non-hydrogen) atoms. The van der Waals surface area contributed by atoms with Crippen LogP contribution in [0.15, 0.2) is 24.3 Å². The Bertz CT molecular complexity index is 864. The SMILES string of the molecule is N#Cc1cccc(C(=O)NCCn2nc(C(F)(F)F)c3c2CCCC3)c1. The van der Waals surface area contributed by atoms with Gasteiger partial charge in [0.05, 0.1) is 18.2 Å². The van der Waals surface area contributed by atoms with Gasteiger partial charge in [-0.2, -0.15) is 23.5 Å². The van der Waals surface area contributed by atoms with Gasteiger partial charge in [-0.15, -0.1) is 0 Å². The van der Waals surface area contributed by atoms with Crippen LogP contribution in [0, 0.1) is 11.3 Å². The summed E-state index contributed by atoms with van der Waals surface area (Å²) in [5.41, 5.74) is 0.803. The van der Waals surface area contributed by atoms with E-state index in [0.29, 0.717) is 29.7 Å². The molecule has 5 nitrogen and oxygen atoms in total. The van der Waals surface area contributed by atoms with E-state index >= 15 is 0 Å². The third-order valence-corrected chi connectivity index (χ3v) is 4.39. The van der Waals surface area contributed by atoms with Crippen LogP contribution in [-0.4, -0.2) is 22.2 Å². The molecule has 0 radical (unpaired) electrons. The van der Waals surface area contributed by atoms with E-state index in [2.05, 4.69) is 10.4 Å². The monoisotopic (exact) mass is 362 g/mol. The number of amides is 1. The summed E-state index contributed by atoms with van der Waals surface area (Å²) < 4.78 is 40.8. The van der Waals surface area contributed by atoms with Crippen molar-refractivity contribution in [3.63, 3.8) is 0 Å². The van der Waals surface area contributed by atoms with Crippen LogP contribution in [0.25, 0.3) is 0 Å². The fourth-order valence-corrected chi connectivity index (χ4v) is 3.19. The molecular formula is C18H17F3N4O. The van der Waals surface area contributed by atoms with Gasteiger partial charge in [0, 0.05) is 23.4 Å². The number of carbonyl (C=O) groups excluding carboxylic acids is 1. The molecule has 1 aliphatic rings. The molecule has 0 spiro atoms. The van der Waals surface area contributed by atoms with Crippen LogP contribution >= 0.6 is 0 Å². The summed E-state index contributed by atoms with van der Waals surface area (Å²) in [4.78, 5) is 12.1. The minimum absolute atomic E-state index is 0.154. The molecule has 0 atom stereocenters. The molecule has 1 aromatic carbocycles. The summed E-state index contributed by atoms with van der Waals surface area (Å²) in [6.45, 7) is 0.323. The van der Waals surface area contributed by atoms with E-state index in [1.807, 2.05) is 6.07 Å². The van der Waals surface area contributed by atoms with Crippen molar-refractivity contribution in [1.82, 2.24) is 15.1 Å². The van der Waals surface area contributed by atoms with Gasteiger partial charge in [-0.05, 0) is 43.9 Å². The summed E-state index contributed by atoms with van der Waals surface area (Å²) in [5, 5.41) is 15.3. The van der Waals surface area contributed by atoms with Gasteiger partial charge < -0.3 is 5.32 Å². The van der Waals surface area contributed by atoms with Crippen LogP contribution in [0.3, 0.4) is 0 Å². The summed E-state index contributed by atoms with van der Waals surface area (Å²) in [5.74, 6) is -0.376. The molecule has 3 rings (SSSR count). The molecule has 1 amide bonds. The molecule has 0 fully saturated rings. The second-order valence-corrected chi connectivity index (χ2v) is 6.15. The second-order valence-electron chi connectivity index (χ2n) is 6.15.